The van der Waals surface area contributed by atoms with Crippen molar-refractivity contribution in [3.8, 4) is 0 Å². The zero-order chi connectivity index (χ0) is 49.5. The zero-order valence-corrected chi connectivity index (χ0v) is 41.9. The van der Waals surface area contributed by atoms with Gasteiger partial charge >= 0.3 is 0 Å². The van der Waals surface area contributed by atoms with Crippen LogP contribution in [0.15, 0.2) is 72.8 Å². The van der Waals surface area contributed by atoms with Crippen LogP contribution in [0.1, 0.15) is 139 Å². The van der Waals surface area contributed by atoms with Crippen molar-refractivity contribution >= 4 is 35.4 Å². The molecule has 1 aliphatic heterocycles. The van der Waals surface area contributed by atoms with E-state index in [-0.39, 0.29) is 60.5 Å². The average Bonchev–Trinajstić information content (AvgIpc) is 3.77. The lowest BCUT2D eigenvalue weighted by molar-refractivity contribution is -0.144. The van der Waals surface area contributed by atoms with Crippen molar-refractivity contribution in [1.29, 1.82) is 0 Å². The number of carbonyl (C=O) groups excluding carboxylic acids is 6. The van der Waals surface area contributed by atoms with Crippen molar-refractivity contribution in [1.82, 2.24) is 42.1 Å². The van der Waals surface area contributed by atoms with Crippen LogP contribution < -0.4 is 37.2 Å². The largest absolute Gasteiger partial charge is 0.347 e. The SMILES string of the molecule is CN[C@@H](C)C(=O)N[C@H](C(=O)NC(Cc1ccc([C@H]2C[C@@H](C(=O)N[C@@H]3CCCc4ccccc43)N(C(=O)[C@@H](NC(=O)[C@H](C)NC)C(C)(C)C)C2)cc1)C(=O)N[C@@H]1CCCc2ccccc21)C(C)(C)C. The number of fused-ring (bicyclic) bond motifs is 2. The third-order valence-electron chi connectivity index (χ3n) is 14.2. The molecule has 1 saturated heterocycles. The normalized spacial score (nSPS) is 21.4. The lowest BCUT2D eigenvalue weighted by Crippen LogP contribution is -2.60. The maximum atomic E-state index is 14.8. The highest BCUT2D eigenvalue weighted by Gasteiger charge is 2.46. The van der Waals surface area contributed by atoms with Crippen molar-refractivity contribution in [3.05, 3.63) is 106 Å². The Kier molecular flexibility index (Phi) is 16.9. The van der Waals surface area contributed by atoms with E-state index in [1.807, 2.05) is 96.1 Å². The number of nitrogens with one attached hydrogen (secondary N) is 7. The summed E-state index contributed by atoms with van der Waals surface area (Å²) in [6.07, 6.45) is 5.86. The number of benzene rings is 3. The second kappa shape index (κ2) is 22.2. The molecule has 1 fully saturated rings. The summed E-state index contributed by atoms with van der Waals surface area (Å²) in [6.45, 7) is 15.1. The van der Waals surface area contributed by atoms with E-state index in [1.165, 1.54) is 11.1 Å². The predicted molar refractivity (Wildman–Crippen MR) is 265 cm³/mol. The van der Waals surface area contributed by atoms with Crippen molar-refractivity contribution in [2.45, 2.75) is 161 Å². The summed E-state index contributed by atoms with van der Waals surface area (Å²) >= 11 is 0. The first kappa shape index (κ1) is 51.8. The van der Waals surface area contributed by atoms with Crippen LogP contribution in [-0.2, 0) is 48.0 Å². The van der Waals surface area contributed by atoms with Gasteiger partial charge < -0.3 is 42.1 Å². The van der Waals surface area contributed by atoms with Gasteiger partial charge in [-0.3, -0.25) is 28.8 Å². The molecule has 3 aromatic rings. The number of likely N-dealkylation sites (tertiary alicyclic amines) is 1. The van der Waals surface area contributed by atoms with Gasteiger partial charge in [-0.15, -0.1) is 0 Å². The summed E-state index contributed by atoms with van der Waals surface area (Å²) in [5, 5.41) is 21.4. The molecule has 3 aliphatic rings. The van der Waals surface area contributed by atoms with Gasteiger partial charge in [0, 0.05) is 18.9 Å². The van der Waals surface area contributed by atoms with Crippen LogP contribution in [-0.4, -0.2) is 97.2 Å². The molecule has 9 atom stereocenters. The molecule has 68 heavy (non-hydrogen) atoms. The van der Waals surface area contributed by atoms with Crippen LogP contribution in [0, 0.1) is 10.8 Å². The Morgan fingerprint density at radius 2 is 1.12 bits per heavy atom. The van der Waals surface area contributed by atoms with E-state index < -0.39 is 53.0 Å². The van der Waals surface area contributed by atoms with E-state index in [4.69, 9.17) is 0 Å². The van der Waals surface area contributed by atoms with Crippen molar-refractivity contribution in [2.24, 2.45) is 10.8 Å². The summed E-state index contributed by atoms with van der Waals surface area (Å²) in [6, 6.07) is 19.1. The lowest BCUT2D eigenvalue weighted by Gasteiger charge is -2.36. The third kappa shape index (κ3) is 12.5. The number of hydrogen-bond donors (Lipinski definition) is 7. The topological polar surface area (TPSA) is 190 Å². The number of aryl methyl sites for hydroxylation is 2. The molecule has 0 radical (unpaired) electrons. The number of hydrogen-bond acceptors (Lipinski definition) is 8. The molecule has 14 nitrogen and oxygen atoms in total. The van der Waals surface area contributed by atoms with E-state index in [9.17, 15) is 28.8 Å². The second-order valence-electron chi connectivity index (χ2n) is 21.4. The molecular formula is C54H76N8O6. The first-order valence-electron chi connectivity index (χ1n) is 24.6. The fraction of sp³-hybridized carbons (Fsp3) is 0.556. The molecular weight excluding hydrogens is 857 g/mol. The number of rotatable bonds is 16. The molecule has 0 saturated carbocycles. The van der Waals surface area contributed by atoms with Gasteiger partial charge in [0.2, 0.25) is 35.4 Å². The van der Waals surface area contributed by atoms with Crippen LogP contribution in [0.2, 0.25) is 0 Å². The van der Waals surface area contributed by atoms with Gasteiger partial charge in [-0.1, -0.05) is 114 Å². The number of amides is 6. The smallest absolute Gasteiger partial charge is 0.246 e. The van der Waals surface area contributed by atoms with Gasteiger partial charge in [0.05, 0.1) is 24.2 Å². The predicted octanol–water partition coefficient (Wildman–Crippen LogP) is 5.06. The third-order valence-corrected chi connectivity index (χ3v) is 14.2. The number of likely N-dealkylation sites (N-methyl/N-ethyl adjacent to an activating group) is 2. The monoisotopic (exact) mass is 933 g/mol. The van der Waals surface area contributed by atoms with Gasteiger partial charge in [0.15, 0.2) is 0 Å². The van der Waals surface area contributed by atoms with Crippen molar-refractivity contribution < 1.29 is 28.8 Å². The molecule has 1 unspecified atom stereocenters. The van der Waals surface area contributed by atoms with Gasteiger partial charge in [0.1, 0.15) is 24.2 Å². The number of carbonyl (C=O) groups is 6. The molecule has 0 bridgehead atoms. The lowest BCUT2D eigenvalue weighted by atomic mass is 9.85. The van der Waals surface area contributed by atoms with Crippen LogP contribution in [0.25, 0.3) is 0 Å². The minimum absolute atomic E-state index is 0.172. The quantitative estimate of drug-likeness (QED) is 0.104. The zero-order valence-electron chi connectivity index (χ0n) is 41.9. The Morgan fingerprint density at radius 1 is 0.618 bits per heavy atom. The molecule has 2 aliphatic carbocycles. The molecule has 368 valence electrons. The molecule has 14 heteroatoms. The molecule has 0 spiro atoms. The maximum Gasteiger partial charge on any atom is 0.246 e. The summed E-state index contributed by atoms with van der Waals surface area (Å²) in [5.74, 6) is -2.17. The second-order valence-corrected chi connectivity index (χ2v) is 21.4. The highest BCUT2D eigenvalue weighted by atomic mass is 16.2. The number of nitrogens with zero attached hydrogens (tertiary/aromatic N) is 1. The van der Waals surface area contributed by atoms with Gasteiger partial charge in [-0.25, -0.2) is 0 Å². The summed E-state index contributed by atoms with van der Waals surface area (Å²) < 4.78 is 0. The minimum atomic E-state index is -0.973. The fourth-order valence-corrected chi connectivity index (χ4v) is 9.83. The summed E-state index contributed by atoms with van der Waals surface area (Å²) in [7, 11) is 3.37. The first-order chi connectivity index (χ1) is 32.2. The fourth-order valence-electron chi connectivity index (χ4n) is 9.83. The Balaban J connectivity index is 1.27. The Hall–Kier alpha value is -5.60. The molecule has 6 rings (SSSR count). The highest BCUT2D eigenvalue weighted by molar-refractivity contribution is 5.95. The highest BCUT2D eigenvalue weighted by Crippen LogP contribution is 2.37. The van der Waals surface area contributed by atoms with E-state index in [0.29, 0.717) is 6.42 Å². The van der Waals surface area contributed by atoms with Crippen molar-refractivity contribution in [2.75, 3.05) is 20.6 Å². The minimum Gasteiger partial charge on any atom is -0.347 e. The van der Waals surface area contributed by atoms with Crippen LogP contribution in [0.3, 0.4) is 0 Å². The molecule has 6 amide bonds. The molecule has 7 N–H and O–H groups in total. The average molecular weight is 933 g/mol. The van der Waals surface area contributed by atoms with Gasteiger partial charge in [-0.2, -0.15) is 0 Å². The van der Waals surface area contributed by atoms with Crippen LogP contribution in [0.5, 0.6) is 0 Å². The first-order valence-corrected chi connectivity index (χ1v) is 24.6. The standard InChI is InChI=1S/C54H76N8O6/c1-32(55-9)47(63)60-45(53(3,4)5)51(67)59-43(49(65)57-41-23-15-19-36-17-11-13-21-39(36)41)29-34-25-27-35(28-26-34)38-30-44(50(66)58-42-24-16-20-37-18-12-14-22-40(37)42)62(31-38)52(68)46(54(6,7)8)61-48(64)33(2)56-10/h11-14,17-18,21-22,25-28,32-33,38,41-46,55-56H,15-16,19-20,23-24,29-31H2,1-10H3,(H,57,65)(H,58,66)(H,59,67)(H,60,63)(H,61,64)/t32-,33-,38-,41+,42+,43?,44-,45+,46+/m0/s1. The van der Waals surface area contributed by atoms with Crippen LogP contribution >= 0.6 is 0 Å². The maximum absolute atomic E-state index is 14.8. The molecule has 3 aromatic carbocycles. The Labute approximate surface area is 403 Å². The Morgan fingerprint density at radius 3 is 1.63 bits per heavy atom. The van der Waals surface area contributed by atoms with E-state index in [1.54, 1.807) is 32.8 Å². The van der Waals surface area contributed by atoms with E-state index in [2.05, 4.69) is 55.4 Å². The van der Waals surface area contributed by atoms with Gasteiger partial charge in [0.25, 0.3) is 0 Å². The van der Waals surface area contributed by atoms with Crippen molar-refractivity contribution in [3.63, 3.8) is 0 Å². The van der Waals surface area contributed by atoms with E-state index >= 15 is 0 Å². The van der Waals surface area contributed by atoms with E-state index in [0.717, 1.165) is 60.8 Å². The van der Waals surface area contributed by atoms with Gasteiger partial charge in [-0.05, 0) is 117 Å². The van der Waals surface area contributed by atoms with Crippen LogP contribution in [0.4, 0.5) is 0 Å². The Bertz CT molecular complexity index is 2280. The molecule has 1 heterocycles. The summed E-state index contributed by atoms with van der Waals surface area (Å²) in [5.41, 5.74) is 4.97. The molecule has 0 aromatic heterocycles. The summed E-state index contributed by atoms with van der Waals surface area (Å²) in [4.78, 5) is 85.9.